The highest BCUT2D eigenvalue weighted by Gasteiger charge is 2.38. The molecule has 3 aromatic heterocycles. The van der Waals surface area contributed by atoms with Crippen molar-refractivity contribution in [3.05, 3.63) is 54.5 Å². The maximum absolute atomic E-state index is 12.2. The molecule has 4 aromatic rings. The fraction of sp³-hybridized carbons (Fsp3) is 0.227. The lowest BCUT2D eigenvalue weighted by molar-refractivity contribution is -0.119. The van der Waals surface area contributed by atoms with Gasteiger partial charge < -0.3 is 15.5 Å². The number of carbonyl (C=O) groups excluding carboxylic acids is 1. The second-order valence-electron chi connectivity index (χ2n) is 8.24. The van der Waals surface area contributed by atoms with Gasteiger partial charge in [-0.05, 0) is 43.7 Å². The molecule has 0 spiro atoms. The lowest BCUT2D eigenvalue weighted by atomic mass is 9.86. The predicted octanol–water partition coefficient (Wildman–Crippen LogP) is 3.23. The van der Waals surface area contributed by atoms with Crippen LogP contribution in [0.15, 0.2) is 48.9 Å². The van der Waals surface area contributed by atoms with Crippen molar-refractivity contribution in [1.82, 2.24) is 24.6 Å². The van der Waals surface area contributed by atoms with Crippen LogP contribution < -0.4 is 15.5 Å². The molecule has 0 radical (unpaired) electrons. The molecule has 1 aliphatic heterocycles. The number of aromatic nitrogens is 5. The van der Waals surface area contributed by atoms with Crippen molar-refractivity contribution in [3.8, 4) is 11.3 Å². The Bertz CT molecular complexity index is 1310. The molecule has 0 bridgehead atoms. The monoisotopic (exact) mass is 414 g/mol. The second kappa shape index (κ2) is 6.76. The Kier molecular flexibility index (Phi) is 4.14. The van der Waals surface area contributed by atoms with E-state index in [1.54, 1.807) is 23.1 Å². The summed E-state index contributed by atoms with van der Waals surface area (Å²) >= 11 is 0. The Balaban J connectivity index is 1.47. The summed E-state index contributed by atoms with van der Waals surface area (Å²) in [4.78, 5) is 27.7. The number of benzene rings is 1. The molecule has 5 rings (SSSR count). The zero-order valence-electron chi connectivity index (χ0n) is 17.7. The molecule has 0 aliphatic carbocycles. The van der Waals surface area contributed by atoms with E-state index in [2.05, 4.69) is 30.7 Å². The summed E-state index contributed by atoms with van der Waals surface area (Å²) in [6.45, 7) is 3.83. The number of rotatable bonds is 4. The fourth-order valence-corrected chi connectivity index (χ4v) is 3.67. The summed E-state index contributed by atoms with van der Waals surface area (Å²) in [6, 6.07) is 9.69. The highest BCUT2D eigenvalue weighted by atomic mass is 16.2. The first-order valence-electron chi connectivity index (χ1n) is 9.91. The van der Waals surface area contributed by atoms with Crippen molar-refractivity contribution in [2.45, 2.75) is 19.3 Å². The molecule has 4 heterocycles. The van der Waals surface area contributed by atoms with E-state index in [9.17, 15) is 4.79 Å². The molecular formula is C22H22N8O. The molecule has 0 unspecified atom stereocenters. The number of fused-ring (bicyclic) bond motifs is 2. The smallest absolute Gasteiger partial charge is 0.247 e. The largest absolute Gasteiger partial charge is 0.363 e. The number of pyridine rings is 1. The van der Waals surface area contributed by atoms with Crippen molar-refractivity contribution < 1.29 is 4.79 Å². The van der Waals surface area contributed by atoms with E-state index in [0.717, 1.165) is 28.3 Å². The van der Waals surface area contributed by atoms with Gasteiger partial charge in [0.25, 0.3) is 0 Å². The van der Waals surface area contributed by atoms with E-state index in [-0.39, 0.29) is 5.91 Å². The molecule has 9 heteroatoms. The van der Waals surface area contributed by atoms with Crippen molar-refractivity contribution in [1.29, 1.82) is 0 Å². The zero-order valence-corrected chi connectivity index (χ0v) is 17.7. The third-order valence-corrected chi connectivity index (χ3v) is 5.50. The van der Waals surface area contributed by atoms with Crippen LogP contribution in [0.25, 0.3) is 16.9 Å². The van der Waals surface area contributed by atoms with Crippen molar-refractivity contribution in [2.75, 3.05) is 29.6 Å². The van der Waals surface area contributed by atoms with Crippen molar-refractivity contribution in [3.63, 3.8) is 0 Å². The number of nitrogens with zero attached hydrogens (tertiary/aromatic N) is 6. The van der Waals surface area contributed by atoms with Crippen LogP contribution in [-0.2, 0) is 10.2 Å². The number of nitrogens with one attached hydrogen (secondary N) is 2. The van der Waals surface area contributed by atoms with E-state index in [0.29, 0.717) is 17.3 Å². The van der Waals surface area contributed by atoms with Gasteiger partial charge in [-0.2, -0.15) is 4.98 Å². The Hall–Kier alpha value is -4.01. The van der Waals surface area contributed by atoms with Crippen LogP contribution in [-0.4, -0.2) is 44.6 Å². The van der Waals surface area contributed by atoms with Gasteiger partial charge in [0, 0.05) is 49.6 Å². The first-order valence-corrected chi connectivity index (χ1v) is 9.91. The van der Waals surface area contributed by atoms with Gasteiger partial charge in [-0.15, -0.1) is 5.10 Å². The van der Waals surface area contributed by atoms with E-state index >= 15 is 0 Å². The van der Waals surface area contributed by atoms with Gasteiger partial charge in [-0.3, -0.25) is 9.78 Å². The lowest BCUT2D eigenvalue weighted by Crippen LogP contribution is -2.26. The van der Waals surface area contributed by atoms with Gasteiger partial charge in [0.05, 0.1) is 5.41 Å². The summed E-state index contributed by atoms with van der Waals surface area (Å²) in [5.74, 6) is 1.30. The molecule has 9 nitrogen and oxygen atoms in total. The molecule has 2 N–H and O–H groups in total. The first-order chi connectivity index (χ1) is 14.8. The lowest BCUT2D eigenvalue weighted by Gasteiger charge is -2.14. The standard InChI is InChI=1S/C22H22N8O/c1-22(2)15-7-6-14(11-16(15)26-20(22)31)25-21-27-19-18(23-9-10-30(19)28-21)13-5-8-17(24-12-13)29(3)4/h5-12H,1-4H3,(H,25,28)(H,26,31). The Morgan fingerprint density at radius 1 is 1.13 bits per heavy atom. The van der Waals surface area contributed by atoms with Gasteiger partial charge >= 0.3 is 0 Å². The molecule has 0 atom stereocenters. The number of amides is 1. The van der Waals surface area contributed by atoms with Gasteiger partial charge in [-0.25, -0.2) is 9.50 Å². The van der Waals surface area contributed by atoms with E-state index < -0.39 is 5.41 Å². The van der Waals surface area contributed by atoms with Crippen LogP contribution in [0.4, 0.5) is 23.1 Å². The maximum atomic E-state index is 12.2. The minimum atomic E-state index is -0.536. The van der Waals surface area contributed by atoms with E-state index in [1.807, 2.05) is 63.2 Å². The number of hydrogen-bond acceptors (Lipinski definition) is 7. The molecule has 0 fully saturated rings. The third kappa shape index (κ3) is 3.14. The topological polar surface area (TPSA) is 100 Å². The van der Waals surface area contributed by atoms with Crippen molar-refractivity contribution in [2.24, 2.45) is 0 Å². The normalized spacial score (nSPS) is 14.4. The third-order valence-electron chi connectivity index (χ3n) is 5.50. The molecule has 1 aromatic carbocycles. The molecule has 1 aliphatic rings. The summed E-state index contributed by atoms with van der Waals surface area (Å²) in [7, 11) is 3.89. The molecular weight excluding hydrogens is 392 g/mol. The summed E-state index contributed by atoms with van der Waals surface area (Å²) in [5.41, 5.74) is 4.22. The maximum Gasteiger partial charge on any atom is 0.247 e. The molecule has 0 saturated carbocycles. The summed E-state index contributed by atoms with van der Waals surface area (Å²) < 4.78 is 1.68. The fourth-order valence-electron chi connectivity index (χ4n) is 3.67. The van der Waals surface area contributed by atoms with Gasteiger partial charge in [0.1, 0.15) is 11.5 Å². The summed E-state index contributed by atoms with van der Waals surface area (Å²) in [5, 5.41) is 10.7. The number of hydrogen-bond donors (Lipinski definition) is 2. The molecule has 0 saturated heterocycles. The van der Waals surface area contributed by atoms with Gasteiger partial charge in [-0.1, -0.05) is 6.07 Å². The Morgan fingerprint density at radius 3 is 2.71 bits per heavy atom. The van der Waals surface area contributed by atoms with Crippen LogP contribution in [0.2, 0.25) is 0 Å². The van der Waals surface area contributed by atoms with Crippen LogP contribution in [0, 0.1) is 0 Å². The molecule has 31 heavy (non-hydrogen) atoms. The highest BCUT2D eigenvalue weighted by molar-refractivity contribution is 6.06. The highest BCUT2D eigenvalue weighted by Crippen LogP contribution is 2.39. The average molecular weight is 414 g/mol. The van der Waals surface area contributed by atoms with Crippen LogP contribution in [0.5, 0.6) is 0 Å². The zero-order chi connectivity index (χ0) is 21.8. The second-order valence-corrected chi connectivity index (χ2v) is 8.24. The summed E-state index contributed by atoms with van der Waals surface area (Å²) in [6.07, 6.45) is 5.22. The predicted molar refractivity (Wildman–Crippen MR) is 120 cm³/mol. The molecule has 1 amide bonds. The average Bonchev–Trinajstić information content (AvgIpc) is 3.25. The Morgan fingerprint density at radius 2 is 1.97 bits per heavy atom. The SMILES string of the molecule is CN(C)c1ccc(-c2nccn3nc(Nc4ccc5c(c4)NC(=O)C5(C)C)nc23)cn1. The quantitative estimate of drug-likeness (QED) is 0.529. The van der Waals surface area contributed by atoms with Gasteiger partial charge in [0.15, 0.2) is 5.65 Å². The van der Waals surface area contributed by atoms with E-state index in [1.165, 1.54) is 0 Å². The minimum Gasteiger partial charge on any atom is -0.363 e. The van der Waals surface area contributed by atoms with Gasteiger partial charge in [0.2, 0.25) is 11.9 Å². The van der Waals surface area contributed by atoms with E-state index in [4.69, 9.17) is 0 Å². The number of anilines is 4. The van der Waals surface area contributed by atoms with Crippen molar-refractivity contribution >= 4 is 34.7 Å². The molecule has 156 valence electrons. The van der Waals surface area contributed by atoms with Crippen LogP contribution in [0.1, 0.15) is 19.4 Å². The van der Waals surface area contributed by atoms with Crippen LogP contribution >= 0.6 is 0 Å². The first kappa shape index (κ1) is 19.0. The van der Waals surface area contributed by atoms with Crippen LogP contribution in [0.3, 0.4) is 0 Å². The minimum absolute atomic E-state index is 0.00452. The Labute approximate surface area is 179 Å². The number of carbonyl (C=O) groups is 1.